The largest absolute Gasteiger partial charge is 0.606 e. The molecule has 1 unspecified atom stereocenters. The number of alkyl halides is 3. The highest BCUT2D eigenvalue weighted by Gasteiger charge is 2.32. The lowest BCUT2D eigenvalue weighted by Gasteiger charge is -2.34. The van der Waals surface area contributed by atoms with Crippen molar-refractivity contribution in [2.45, 2.75) is 22.9 Å². The predicted octanol–water partition coefficient (Wildman–Crippen LogP) is 2.22. The smallest absolute Gasteiger partial charge is 0.416 e. The Labute approximate surface area is 239 Å². The molecular weight excluding hydrogens is 557 g/mol. The number of rotatable bonds is 9. The number of halogens is 3. The first-order valence-corrected chi connectivity index (χ1v) is 14.3. The quantitative estimate of drug-likeness (QED) is 0.257. The summed E-state index contributed by atoms with van der Waals surface area (Å²) in [5.41, 5.74) is 9.80. The summed E-state index contributed by atoms with van der Waals surface area (Å²) in [5, 5.41) is 2.75. The lowest BCUT2D eigenvalue weighted by molar-refractivity contribution is -0.137. The van der Waals surface area contributed by atoms with Crippen LogP contribution in [0.25, 0.3) is 5.69 Å². The lowest BCUT2D eigenvalue weighted by atomic mass is 10.1. The number of nitrogen functional groups attached to an aromatic ring is 1. The van der Waals surface area contributed by atoms with Gasteiger partial charge in [0.15, 0.2) is 9.79 Å². The average molecular weight is 591 g/mol. The van der Waals surface area contributed by atoms with E-state index in [4.69, 9.17) is 11.5 Å². The number of benzene rings is 2. The number of hydrogen-bond donors (Lipinski definition) is 3. The number of pyridine rings is 1. The van der Waals surface area contributed by atoms with Gasteiger partial charge in [0.25, 0.3) is 11.5 Å². The molecule has 1 aliphatic rings. The van der Waals surface area contributed by atoms with Crippen molar-refractivity contribution in [1.82, 2.24) is 19.7 Å². The zero-order chi connectivity index (χ0) is 29.7. The Kier molecular flexibility index (Phi) is 9.76. The second kappa shape index (κ2) is 13.1. The number of amides is 1. The van der Waals surface area contributed by atoms with E-state index in [1.807, 2.05) is 0 Å². The molecule has 2 heterocycles. The van der Waals surface area contributed by atoms with Crippen molar-refractivity contribution in [3.8, 4) is 5.69 Å². The molecule has 41 heavy (non-hydrogen) atoms. The third-order valence-electron chi connectivity index (χ3n) is 6.99. The van der Waals surface area contributed by atoms with Gasteiger partial charge in [-0.3, -0.25) is 24.0 Å². The zero-order valence-corrected chi connectivity index (χ0v) is 23.4. The van der Waals surface area contributed by atoms with Gasteiger partial charge in [-0.15, -0.1) is 0 Å². The SMILES string of the molecule is Cc1c([S+]([O-])c2ccc(N)cc2)cc(C(=O)NCCN2CCN(CCN)CC2)c(=O)n1-c1cccc(C(F)(F)F)c1. The molecule has 0 spiro atoms. The van der Waals surface area contributed by atoms with Gasteiger partial charge < -0.3 is 21.3 Å². The van der Waals surface area contributed by atoms with Gasteiger partial charge in [-0.05, 0) is 49.4 Å². The number of carbonyl (C=O) groups excluding carboxylic acids is 1. The van der Waals surface area contributed by atoms with Crippen LogP contribution in [0.1, 0.15) is 21.6 Å². The Morgan fingerprint density at radius 1 is 1.02 bits per heavy atom. The summed E-state index contributed by atoms with van der Waals surface area (Å²) >= 11 is -1.86. The fraction of sp³-hybridized carbons (Fsp3) is 0.357. The molecule has 4 rings (SSSR count). The van der Waals surface area contributed by atoms with E-state index in [0.717, 1.165) is 49.4 Å². The number of anilines is 1. The molecule has 1 fully saturated rings. The molecule has 1 saturated heterocycles. The summed E-state index contributed by atoms with van der Waals surface area (Å²) in [5.74, 6) is -0.701. The molecule has 5 N–H and O–H groups in total. The maximum Gasteiger partial charge on any atom is 0.416 e. The molecule has 1 amide bonds. The van der Waals surface area contributed by atoms with Crippen molar-refractivity contribution >= 4 is 22.8 Å². The minimum atomic E-state index is -4.64. The van der Waals surface area contributed by atoms with Crippen LogP contribution in [0.2, 0.25) is 0 Å². The summed E-state index contributed by atoms with van der Waals surface area (Å²) < 4.78 is 55.0. The first kappa shape index (κ1) is 30.6. The summed E-state index contributed by atoms with van der Waals surface area (Å²) in [6.45, 7) is 7.07. The Morgan fingerprint density at radius 2 is 1.66 bits per heavy atom. The molecule has 0 aliphatic carbocycles. The van der Waals surface area contributed by atoms with E-state index >= 15 is 0 Å². The summed E-state index contributed by atoms with van der Waals surface area (Å²) in [7, 11) is 0. The molecular formula is C28H33F3N6O3S. The molecule has 1 aromatic heterocycles. The molecule has 1 atom stereocenters. The summed E-state index contributed by atoms with van der Waals surface area (Å²) in [6.07, 6.45) is -4.64. The maximum atomic E-state index is 13.6. The molecule has 13 heteroatoms. The predicted molar refractivity (Wildman–Crippen MR) is 152 cm³/mol. The maximum absolute atomic E-state index is 13.6. The van der Waals surface area contributed by atoms with Gasteiger partial charge in [-0.25, -0.2) is 0 Å². The number of nitrogens with zero attached hydrogens (tertiary/aromatic N) is 3. The van der Waals surface area contributed by atoms with Crippen LogP contribution < -0.4 is 22.3 Å². The van der Waals surface area contributed by atoms with Crippen LogP contribution in [-0.4, -0.2) is 77.2 Å². The number of nitrogens with one attached hydrogen (secondary N) is 1. The second-order valence-electron chi connectivity index (χ2n) is 9.76. The van der Waals surface area contributed by atoms with E-state index in [0.29, 0.717) is 23.7 Å². The van der Waals surface area contributed by atoms with Crippen LogP contribution in [0.5, 0.6) is 0 Å². The minimum absolute atomic E-state index is 0.0946. The van der Waals surface area contributed by atoms with Gasteiger partial charge in [-0.1, -0.05) is 6.07 Å². The summed E-state index contributed by atoms with van der Waals surface area (Å²) in [6, 6.07) is 11.7. The van der Waals surface area contributed by atoms with E-state index in [1.165, 1.54) is 25.1 Å². The molecule has 0 radical (unpaired) electrons. The Morgan fingerprint density at radius 3 is 2.27 bits per heavy atom. The van der Waals surface area contributed by atoms with Gasteiger partial charge in [0.1, 0.15) is 5.56 Å². The van der Waals surface area contributed by atoms with Crippen LogP contribution in [0.4, 0.5) is 18.9 Å². The number of carbonyl (C=O) groups is 1. The average Bonchev–Trinajstić information content (AvgIpc) is 2.94. The molecule has 220 valence electrons. The van der Waals surface area contributed by atoms with E-state index in [1.54, 1.807) is 24.3 Å². The fourth-order valence-corrected chi connectivity index (χ4v) is 5.94. The third-order valence-corrected chi connectivity index (χ3v) is 8.51. The third kappa shape index (κ3) is 7.29. The van der Waals surface area contributed by atoms with Crippen molar-refractivity contribution in [3.63, 3.8) is 0 Å². The number of piperazine rings is 1. The van der Waals surface area contributed by atoms with Crippen molar-refractivity contribution in [2.24, 2.45) is 5.73 Å². The van der Waals surface area contributed by atoms with Crippen LogP contribution in [-0.2, 0) is 17.4 Å². The van der Waals surface area contributed by atoms with Crippen LogP contribution in [0.3, 0.4) is 0 Å². The molecule has 0 bridgehead atoms. The van der Waals surface area contributed by atoms with E-state index < -0.39 is 34.4 Å². The topological polar surface area (TPSA) is 133 Å². The van der Waals surface area contributed by atoms with Crippen molar-refractivity contribution in [2.75, 3.05) is 58.1 Å². The number of aromatic nitrogens is 1. The standard InChI is InChI=1S/C28H33F3N6O3S/c1-19-25(41(40)23-7-5-21(33)6-8-23)18-24(26(38)34-10-12-36-15-13-35(11-9-32)14-16-36)27(39)37(19)22-4-2-3-20(17-22)28(29,30)31/h2-8,17-18H,9-16,32-33H2,1H3,(H,34,38). The zero-order valence-electron chi connectivity index (χ0n) is 22.6. The van der Waals surface area contributed by atoms with Crippen LogP contribution in [0, 0.1) is 6.92 Å². The molecule has 3 aromatic rings. The first-order valence-electron chi connectivity index (χ1n) is 13.1. The fourth-order valence-electron chi connectivity index (χ4n) is 4.72. The Hall–Kier alpha value is -3.36. The van der Waals surface area contributed by atoms with E-state index in [2.05, 4.69) is 15.1 Å². The van der Waals surface area contributed by atoms with E-state index in [9.17, 15) is 27.3 Å². The monoisotopic (exact) mass is 590 g/mol. The number of nitrogens with two attached hydrogens (primary N) is 2. The Balaban J connectivity index is 1.66. The minimum Gasteiger partial charge on any atom is -0.606 e. The molecule has 2 aromatic carbocycles. The molecule has 9 nitrogen and oxygen atoms in total. The summed E-state index contributed by atoms with van der Waals surface area (Å²) in [4.78, 5) is 31.8. The first-order chi connectivity index (χ1) is 19.5. The van der Waals surface area contributed by atoms with Crippen molar-refractivity contribution in [1.29, 1.82) is 0 Å². The van der Waals surface area contributed by atoms with Gasteiger partial charge in [0.05, 0.1) is 11.3 Å². The highest BCUT2D eigenvalue weighted by atomic mass is 32.2. The highest BCUT2D eigenvalue weighted by Crippen LogP contribution is 2.31. The Bertz CT molecular complexity index is 1420. The van der Waals surface area contributed by atoms with Crippen LogP contribution >= 0.6 is 0 Å². The lowest BCUT2D eigenvalue weighted by Crippen LogP contribution is -2.49. The highest BCUT2D eigenvalue weighted by molar-refractivity contribution is 7.91. The van der Waals surface area contributed by atoms with Gasteiger partial charge >= 0.3 is 6.18 Å². The van der Waals surface area contributed by atoms with Crippen LogP contribution in [0.15, 0.2) is 69.2 Å². The van der Waals surface area contributed by atoms with E-state index in [-0.39, 0.29) is 28.4 Å². The normalized spacial score (nSPS) is 15.6. The number of hydrogen-bond acceptors (Lipinski definition) is 7. The van der Waals surface area contributed by atoms with Gasteiger partial charge in [0, 0.05) is 81.0 Å². The molecule has 1 aliphatic heterocycles. The van der Waals surface area contributed by atoms with Gasteiger partial charge in [-0.2, -0.15) is 13.2 Å². The molecule has 0 saturated carbocycles. The second-order valence-corrected chi connectivity index (χ2v) is 11.2. The van der Waals surface area contributed by atoms with Crippen molar-refractivity contribution < 1.29 is 22.5 Å². The van der Waals surface area contributed by atoms with Crippen molar-refractivity contribution in [3.05, 3.63) is 81.8 Å². The van der Waals surface area contributed by atoms with Gasteiger partial charge in [0.2, 0.25) is 0 Å².